The van der Waals surface area contributed by atoms with Crippen LogP contribution in [0.5, 0.6) is 0 Å². The minimum absolute atomic E-state index is 0.316. The molecule has 0 radical (unpaired) electrons. The Morgan fingerprint density at radius 1 is 1.79 bits per heavy atom. The van der Waals surface area contributed by atoms with Gasteiger partial charge in [0.05, 0.1) is 0 Å². The first-order valence-electron chi connectivity index (χ1n) is 4.56. The summed E-state index contributed by atoms with van der Waals surface area (Å²) in [6, 6.07) is 0. The summed E-state index contributed by atoms with van der Waals surface area (Å²) >= 11 is 0. The Morgan fingerprint density at radius 3 is 3.14 bits per heavy atom. The van der Waals surface area contributed by atoms with Crippen LogP contribution >= 0.6 is 0 Å². The second kappa shape index (κ2) is 2.81. The lowest BCUT2D eigenvalue weighted by Gasteiger charge is -2.30. The van der Waals surface area contributed by atoms with Gasteiger partial charge in [0.25, 0.3) is 0 Å². The number of carboxylic acid groups (broad SMARTS) is 1. The first-order chi connectivity index (χ1) is 6.53. The maximum atomic E-state index is 10.9. The first-order valence-corrected chi connectivity index (χ1v) is 4.56. The van der Waals surface area contributed by atoms with E-state index >= 15 is 0 Å². The summed E-state index contributed by atoms with van der Waals surface area (Å²) in [5.41, 5.74) is 5.70. The quantitative estimate of drug-likeness (QED) is 0.656. The Bertz CT molecular complexity index is 385. The molecule has 5 heteroatoms. The Labute approximate surface area is 81.5 Å². The van der Waals surface area contributed by atoms with Crippen molar-refractivity contribution >= 4 is 5.97 Å². The van der Waals surface area contributed by atoms with Crippen molar-refractivity contribution in [1.82, 2.24) is 9.55 Å². The van der Waals surface area contributed by atoms with Crippen LogP contribution < -0.4 is 5.73 Å². The van der Waals surface area contributed by atoms with Crippen molar-refractivity contribution in [2.75, 3.05) is 0 Å². The number of nitrogens with zero attached hydrogens (tertiary/aromatic N) is 2. The van der Waals surface area contributed by atoms with E-state index < -0.39 is 11.5 Å². The second-order valence-electron chi connectivity index (χ2n) is 3.86. The van der Waals surface area contributed by atoms with E-state index in [4.69, 9.17) is 10.8 Å². The van der Waals surface area contributed by atoms with Crippen LogP contribution in [0.15, 0.2) is 6.20 Å². The zero-order valence-corrected chi connectivity index (χ0v) is 8.03. The Kier molecular flexibility index (Phi) is 1.85. The minimum atomic E-state index is -1.13. The third-order valence-electron chi connectivity index (χ3n) is 2.82. The predicted molar refractivity (Wildman–Crippen MR) is 49.8 cm³/mol. The zero-order chi connectivity index (χ0) is 10.3. The van der Waals surface area contributed by atoms with E-state index in [1.54, 1.807) is 6.20 Å². The molecule has 1 unspecified atom stereocenters. The van der Waals surface area contributed by atoms with Gasteiger partial charge in [-0.25, -0.2) is 4.98 Å². The van der Waals surface area contributed by atoms with Crippen LogP contribution in [0.1, 0.15) is 17.9 Å². The molecule has 2 rings (SSSR count). The molecule has 0 aliphatic carbocycles. The van der Waals surface area contributed by atoms with Gasteiger partial charge in [-0.15, -0.1) is 0 Å². The lowest BCUT2D eigenvalue weighted by molar-refractivity contribution is -0.144. The molecule has 14 heavy (non-hydrogen) atoms. The monoisotopic (exact) mass is 195 g/mol. The van der Waals surface area contributed by atoms with Crippen LogP contribution in [0.25, 0.3) is 0 Å². The molecule has 0 amide bonds. The Morgan fingerprint density at radius 2 is 2.50 bits per heavy atom. The van der Waals surface area contributed by atoms with Gasteiger partial charge in [0.2, 0.25) is 0 Å². The van der Waals surface area contributed by atoms with Crippen molar-refractivity contribution in [3.8, 4) is 0 Å². The van der Waals surface area contributed by atoms with Gasteiger partial charge in [0, 0.05) is 24.9 Å². The molecule has 1 aliphatic rings. The number of carbonyl (C=O) groups is 1. The van der Waals surface area contributed by atoms with Crippen molar-refractivity contribution in [3.05, 3.63) is 17.7 Å². The molecule has 76 valence electrons. The molecule has 0 saturated carbocycles. The predicted octanol–water partition coefficient (Wildman–Crippen LogP) is -0.0802. The molecule has 1 aromatic heterocycles. The molecule has 5 nitrogen and oxygen atoms in total. The molecule has 0 bridgehead atoms. The van der Waals surface area contributed by atoms with Gasteiger partial charge in [-0.2, -0.15) is 0 Å². The minimum Gasteiger partial charge on any atom is -0.480 e. The second-order valence-corrected chi connectivity index (χ2v) is 3.86. The van der Waals surface area contributed by atoms with Gasteiger partial charge >= 0.3 is 5.97 Å². The highest BCUT2D eigenvalue weighted by Gasteiger charge is 2.38. The summed E-state index contributed by atoms with van der Waals surface area (Å²) in [7, 11) is 0. The van der Waals surface area contributed by atoms with Crippen LogP contribution in [0, 0.1) is 6.92 Å². The molecule has 2 heterocycles. The topological polar surface area (TPSA) is 81.1 Å². The smallest absolute Gasteiger partial charge is 0.324 e. The third-order valence-corrected chi connectivity index (χ3v) is 2.82. The molecule has 0 aromatic carbocycles. The summed E-state index contributed by atoms with van der Waals surface area (Å²) in [5, 5.41) is 8.97. The summed E-state index contributed by atoms with van der Waals surface area (Å²) < 4.78 is 2.02. The zero-order valence-electron chi connectivity index (χ0n) is 8.03. The molecule has 1 aromatic rings. The number of carboxylic acids is 1. The summed E-state index contributed by atoms with van der Waals surface area (Å²) in [6.45, 7) is 2.60. The lowest BCUT2D eigenvalue weighted by Crippen LogP contribution is -2.53. The van der Waals surface area contributed by atoms with Crippen LogP contribution in [-0.2, 0) is 17.8 Å². The molecule has 1 aliphatic heterocycles. The number of imidazole rings is 1. The van der Waals surface area contributed by atoms with E-state index in [0.717, 1.165) is 11.5 Å². The number of aliphatic carboxylic acids is 1. The number of aromatic nitrogens is 2. The van der Waals surface area contributed by atoms with Gasteiger partial charge in [-0.05, 0) is 13.3 Å². The number of aryl methyl sites for hydroxylation is 1. The van der Waals surface area contributed by atoms with E-state index in [-0.39, 0.29) is 0 Å². The molecule has 0 spiro atoms. The number of hydrogen-bond donors (Lipinski definition) is 2. The lowest BCUT2D eigenvalue weighted by atomic mass is 9.89. The average Bonchev–Trinajstić information content (AvgIpc) is 2.47. The third kappa shape index (κ3) is 1.21. The van der Waals surface area contributed by atoms with Crippen LogP contribution in [0.2, 0.25) is 0 Å². The standard InChI is InChI=1S/C9H13N3O2/c1-6-5-11-7-4-9(10,8(13)14)2-3-12(6)7/h5H,2-4,10H2,1H3,(H,13,14). The highest BCUT2D eigenvalue weighted by atomic mass is 16.4. The maximum Gasteiger partial charge on any atom is 0.324 e. The van der Waals surface area contributed by atoms with Gasteiger partial charge in [-0.1, -0.05) is 0 Å². The van der Waals surface area contributed by atoms with Gasteiger partial charge in [-0.3, -0.25) is 4.79 Å². The first kappa shape index (κ1) is 9.21. The van der Waals surface area contributed by atoms with Crippen LogP contribution in [0.4, 0.5) is 0 Å². The van der Waals surface area contributed by atoms with E-state index in [2.05, 4.69) is 4.98 Å². The largest absolute Gasteiger partial charge is 0.480 e. The summed E-state index contributed by atoms with van der Waals surface area (Å²) in [6.07, 6.45) is 2.53. The SMILES string of the molecule is Cc1cnc2n1CCC(N)(C(=O)O)C2. The number of nitrogens with two attached hydrogens (primary N) is 1. The fourth-order valence-electron chi connectivity index (χ4n) is 1.82. The molecule has 0 fully saturated rings. The number of rotatable bonds is 1. The van der Waals surface area contributed by atoms with E-state index in [1.165, 1.54) is 0 Å². The normalized spacial score (nSPS) is 25.9. The molecule has 1 atom stereocenters. The van der Waals surface area contributed by atoms with Crippen LogP contribution in [0.3, 0.4) is 0 Å². The number of fused-ring (bicyclic) bond motifs is 1. The summed E-state index contributed by atoms with van der Waals surface area (Å²) in [5.74, 6) is -0.164. The van der Waals surface area contributed by atoms with Crippen molar-refractivity contribution in [3.63, 3.8) is 0 Å². The van der Waals surface area contributed by atoms with Crippen molar-refractivity contribution in [1.29, 1.82) is 0 Å². The molecule has 0 saturated heterocycles. The molecular weight excluding hydrogens is 182 g/mol. The maximum absolute atomic E-state index is 10.9. The van der Waals surface area contributed by atoms with E-state index in [0.29, 0.717) is 19.4 Å². The molecule has 3 N–H and O–H groups in total. The summed E-state index contributed by atoms with van der Waals surface area (Å²) in [4.78, 5) is 15.1. The van der Waals surface area contributed by atoms with Gasteiger partial charge < -0.3 is 15.4 Å². The molecular formula is C9H13N3O2. The Balaban J connectivity index is 2.34. The number of hydrogen-bond acceptors (Lipinski definition) is 3. The van der Waals surface area contributed by atoms with E-state index in [1.807, 2.05) is 11.5 Å². The van der Waals surface area contributed by atoms with Crippen molar-refractivity contribution in [2.24, 2.45) is 5.73 Å². The Hall–Kier alpha value is -1.36. The van der Waals surface area contributed by atoms with E-state index in [9.17, 15) is 4.79 Å². The fourth-order valence-corrected chi connectivity index (χ4v) is 1.82. The van der Waals surface area contributed by atoms with Gasteiger partial charge in [0.15, 0.2) is 0 Å². The highest BCUT2D eigenvalue weighted by Crippen LogP contribution is 2.22. The highest BCUT2D eigenvalue weighted by molar-refractivity contribution is 5.79. The van der Waals surface area contributed by atoms with Gasteiger partial charge in [0.1, 0.15) is 11.4 Å². The van der Waals surface area contributed by atoms with Crippen molar-refractivity contribution in [2.45, 2.75) is 31.8 Å². The average molecular weight is 195 g/mol. The fraction of sp³-hybridized carbons (Fsp3) is 0.556. The van der Waals surface area contributed by atoms with Crippen LogP contribution in [-0.4, -0.2) is 26.2 Å². The van der Waals surface area contributed by atoms with Crippen molar-refractivity contribution < 1.29 is 9.90 Å².